The average molecular weight is 589 g/mol. The third-order valence-corrected chi connectivity index (χ3v) is 9.17. The summed E-state index contributed by atoms with van der Waals surface area (Å²) < 4.78 is 42.1. The van der Waals surface area contributed by atoms with E-state index < -0.39 is 41.2 Å². The van der Waals surface area contributed by atoms with Crippen molar-refractivity contribution in [1.29, 1.82) is 0 Å². The van der Waals surface area contributed by atoms with Crippen LogP contribution in [0.25, 0.3) is 10.1 Å². The van der Waals surface area contributed by atoms with Gasteiger partial charge in [0, 0.05) is 23.3 Å². The molecule has 0 aliphatic rings. The molecular formula is C25H28Cl2FN3O4S2. The van der Waals surface area contributed by atoms with Gasteiger partial charge in [-0.1, -0.05) is 55.2 Å². The van der Waals surface area contributed by atoms with Crippen LogP contribution in [0.4, 0.5) is 4.39 Å². The molecule has 2 amide bonds. The van der Waals surface area contributed by atoms with Crippen LogP contribution in [-0.2, 0) is 14.8 Å². The minimum atomic E-state index is -4.08. The Morgan fingerprint density at radius 3 is 2.46 bits per heavy atom. The molecule has 200 valence electrons. The van der Waals surface area contributed by atoms with E-state index in [0.29, 0.717) is 11.3 Å². The predicted octanol–water partition coefficient (Wildman–Crippen LogP) is 5.13. The Morgan fingerprint density at radius 1 is 1.11 bits per heavy atom. The number of carbonyl (C=O) groups excluding carboxylic acids is 2. The summed E-state index contributed by atoms with van der Waals surface area (Å²) in [4.78, 5) is 26.0. The SMILES string of the molecule is CC(C)C[C@H](NC(=O)c1cc2ccccc2s1)C(=O)NC[C@@H](F)CN(C)S(=O)(=O)c1ccc(Cl)cc1Cl. The van der Waals surface area contributed by atoms with Gasteiger partial charge in [-0.15, -0.1) is 11.3 Å². The highest BCUT2D eigenvalue weighted by atomic mass is 35.5. The van der Waals surface area contributed by atoms with Gasteiger partial charge in [0.15, 0.2) is 0 Å². The van der Waals surface area contributed by atoms with Crippen LogP contribution >= 0.6 is 34.5 Å². The fraction of sp³-hybridized carbons (Fsp3) is 0.360. The molecule has 1 aromatic heterocycles. The van der Waals surface area contributed by atoms with Gasteiger partial charge in [0.25, 0.3) is 5.91 Å². The van der Waals surface area contributed by atoms with Crippen molar-refractivity contribution in [1.82, 2.24) is 14.9 Å². The minimum Gasteiger partial charge on any atom is -0.351 e. The maximum Gasteiger partial charge on any atom is 0.262 e. The van der Waals surface area contributed by atoms with Crippen LogP contribution in [0.1, 0.15) is 29.9 Å². The molecular weight excluding hydrogens is 560 g/mol. The Kier molecular flexibility index (Phi) is 9.93. The van der Waals surface area contributed by atoms with Gasteiger partial charge in [0.1, 0.15) is 17.1 Å². The maximum absolute atomic E-state index is 14.7. The van der Waals surface area contributed by atoms with Gasteiger partial charge >= 0.3 is 0 Å². The number of sulfonamides is 1. The number of benzene rings is 2. The van der Waals surface area contributed by atoms with E-state index in [-0.39, 0.29) is 26.8 Å². The summed E-state index contributed by atoms with van der Waals surface area (Å²) in [6.07, 6.45) is -1.35. The van der Waals surface area contributed by atoms with E-state index in [1.807, 2.05) is 38.1 Å². The monoisotopic (exact) mass is 587 g/mol. The molecule has 0 saturated carbocycles. The van der Waals surface area contributed by atoms with Crippen molar-refractivity contribution in [2.24, 2.45) is 5.92 Å². The van der Waals surface area contributed by atoms with Gasteiger partial charge in [0.05, 0.1) is 16.4 Å². The molecule has 0 fully saturated rings. The molecule has 7 nitrogen and oxygen atoms in total. The second-order valence-electron chi connectivity index (χ2n) is 9.01. The van der Waals surface area contributed by atoms with E-state index in [9.17, 15) is 22.4 Å². The van der Waals surface area contributed by atoms with E-state index in [1.165, 1.54) is 36.6 Å². The molecule has 0 unspecified atom stereocenters. The Labute approximate surface area is 230 Å². The molecule has 3 rings (SSSR count). The summed E-state index contributed by atoms with van der Waals surface area (Å²) in [7, 11) is -2.85. The van der Waals surface area contributed by atoms with Crippen LogP contribution in [0, 0.1) is 5.92 Å². The van der Waals surface area contributed by atoms with Gasteiger partial charge in [-0.05, 0) is 48.1 Å². The first kappa shape index (κ1) is 29.3. The molecule has 0 aliphatic heterocycles. The van der Waals surface area contributed by atoms with Crippen LogP contribution in [0.15, 0.2) is 53.4 Å². The van der Waals surface area contributed by atoms with E-state index in [2.05, 4.69) is 10.6 Å². The van der Waals surface area contributed by atoms with Crippen molar-refractivity contribution < 1.29 is 22.4 Å². The number of hydrogen-bond donors (Lipinski definition) is 2. The Morgan fingerprint density at radius 2 is 1.81 bits per heavy atom. The molecule has 2 N–H and O–H groups in total. The fourth-order valence-electron chi connectivity index (χ4n) is 3.65. The van der Waals surface area contributed by atoms with Crippen LogP contribution in [0.2, 0.25) is 10.0 Å². The number of rotatable bonds is 11. The molecule has 0 radical (unpaired) electrons. The smallest absolute Gasteiger partial charge is 0.262 e. The van der Waals surface area contributed by atoms with Crippen molar-refractivity contribution in [2.75, 3.05) is 20.1 Å². The van der Waals surface area contributed by atoms with Crippen molar-refractivity contribution >= 4 is 66.5 Å². The number of halogens is 3. The number of thiophene rings is 1. The number of amides is 2. The number of hydrogen-bond acceptors (Lipinski definition) is 5. The summed E-state index contributed by atoms with van der Waals surface area (Å²) in [5, 5.41) is 6.38. The molecule has 0 aliphatic carbocycles. The van der Waals surface area contributed by atoms with Crippen molar-refractivity contribution in [3.63, 3.8) is 0 Å². The molecule has 0 bridgehead atoms. The zero-order chi connectivity index (χ0) is 27.3. The quantitative estimate of drug-likeness (QED) is 0.325. The Hall–Kier alpha value is -2.24. The molecule has 12 heteroatoms. The Bertz CT molecular complexity index is 1350. The van der Waals surface area contributed by atoms with Gasteiger partial charge in [-0.25, -0.2) is 12.8 Å². The van der Waals surface area contributed by atoms with E-state index in [0.717, 1.165) is 14.4 Å². The highest BCUT2D eigenvalue weighted by Crippen LogP contribution is 2.27. The number of carbonyl (C=O) groups is 2. The molecule has 0 saturated heterocycles. The standard InChI is InChI=1S/C25H28Cl2FN3O4S2/c1-15(2)10-20(30-25(33)22-11-16-6-4-5-7-21(16)36-22)24(32)29-13-18(28)14-31(3)37(34,35)23-9-8-17(26)12-19(23)27/h4-9,11-12,15,18,20H,10,13-14H2,1-3H3,(H,29,32)(H,30,33)/t18-,20+/m1/s1. The molecule has 2 atom stereocenters. The summed E-state index contributed by atoms with van der Waals surface area (Å²) in [6.45, 7) is 2.88. The largest absolute Gasteiger partial charge is 0.351 e. The first-order chi connectivity index (χ1) is 17.4. The molecule has 1 heterocycles. The zero-order valence-electron chi connectivity index (χ0n) is 20.5. The minimum absolute atomic E-state index is 0.0750. The Balaban J connectivity index is 1.60. The highest BCUT2D eigenvalue weighted by Gasteiger charge is 2.28. The summed E-state index contributed by atoms with van der Waals surface area (Å²) in [5.74, 6) is -0.846. The van der Waals surface area contributed by atoms with Crippen molar-refractivity contribution in [3.8, 4) is 0 Å². The predicted molar refractivity (Wildman–Crippen MR) is 147 cm³/mol. The van der Waals surface area contributed by atoms with Crippen LogP contribution in [0.3, 0.4) is 0 Å². The lowest BCUT2D eigenvalue weighted by molar-refractivity contribution is -0.123. The maximum atomic E-state index is 14.7. The van der Waals surface area contributed by atoms with Crippen LogP contribution in [0.5, 0.6) is 0 Å². The first-order valence-electron chi connectivity index (χ1n) is 11.5. The van der Waals surface area contributed by atoms with E-state index in [1.54, 1.807) is 6.07 Å². The zero-order valence-corrected chi connectivity index (χ0v) is 23.6. The molecule has 0 spiro atoms. The lowest BCUT2D eigenvalue weighted by Gasteiger charge is -2.22. The highest BCUT2D eigenvalue weighted by molar-refractivity contribution is 7.89. The number of nitrogens with one attached hydrogen (secondary N) is 2. The summed E-state index contributed by atoms with van der Waals surface area (Å²) in [6, 6.07) is 12.4. The van der Waals surface area contributed by atoms with Gasteiger partial charge in [-0.2, -0.15) is 4.31 Å². The topological polar surface area (TPSA) is 95.6 Å². The van der Waals surface area contributed by atoms with E-state index in [4.69, 9.17) is 23.2 Å². The lowest BCUT2D eigenvalue weighted by Crippen LogP contribution is -2.49. The third kappa shape index (κ3) is 7.64. The third-order valence-electron chi connectivity index (χ3n) is 5.51. The van der Waals surface area contributed by atoms with Crippen molar-refractivity contribution in [2.45, 2.75) is 37.4 Å². The normalized spacial score (nSPS) is 13.6. The number of alkyl halides is 1. The van der Waals surface area contributed by atoms with Crippen LogP contribution in [-0.4, -0.2) is 56.9 Å². The summed E-state index contributed by atoms with van der Waals surface area (Å²) >= 11 is 13.2. The molecule has 37 heavy (non-hydrogen) atoms. The van der Waals surface area contributed by atoms with Gasteiger partial charge in [0.2, 0.25) is 15.9 Å². The van der Waals surface area contributed by atoms with E-state index >= 15 is 0 Å². The first-order valence-corrected chi connectivity index (χ1v) is 14.5. The number of fused-ring (bicyclic) bond motifs is 1. The second-order valence-corrected chi connectivity index (χ2v) is 12.9. The number of nitrogens with zero attached hydrogens (tertiary/aromatic N) is 1. The lowest BCUT2D eigenvalue weighted by atomic mass is 10.0. The van der Waals surface area contributed by atoms with Gasteiger partial charge < -0.3 is 10.6 Å². The molecule has 3 aromatic rings. The fourth-order valence-corrected chi connectivity index (χ4v) is 6.56. The molecule has 2 aromatic carbocycles. The van der Waals surface area contributed by atoms with Crippen molar-refractivity contribution in [3.05, 3.63) is 63.5 Å². The van der Waals surface area contributed by atoms with Crippen LogP contribution < -0.4 is 10.6 Å². The second kappa shape index (κ2) is 12.5. The van der Waals surface area contributed by atoms with Gasteiger partial charge in [-0.3, -0.25) is 9.59 Å². The summed E-state index contributed by atoms with van der Waals surface area (Å²) in [5.41, 5.74) is 0. The average Bonchev–Trinajstić information content (AvgIpc) is 3.26.